The number of hydrogen-bond donors (Lipinski definition) is 6. The summed E-state index contributed by atoms with van der Waals surface area (Å²) in [6, 6.07) is 47.7. The lowest BCUT2D eigenvalue weighted by Crippen LogP contribution is -2.36. The van der Waals surface area contributed by atoms with Crippen LogP contribution in [0.1, 0.15) is 48.5 Å². The number of nitrogens with one attached hydrogen (secondary N) is 6. The number of benzene rings is 4. The van der Waals surface area contributed by atoms with Crippen LogP contribution in [0, 0.1) is 0 Å². The molecule has 11 rings (SSSR count). The van der Waals surface area contributed by atoms with Gasteiger partial charge in [0, 0.05) is 74.0 Å². The number of hydrogen-bond acceptors (Lipinski definition) is 10. The van der Waals surface area contributed by atoms with Crippen molar-refractivity contribution in [1.82, 2.24) is 35.9 Å². The van der Waals surface area contributed by atoms with Gasteiger partial charge in [0.15, 0.2) is 0 Å². The number of carbonyl (C=O) groups excluding carboxylic acids is 3. The number of unbranched alkanes of at least 4 members (excludes halogenated alkanes) is 1. The van der Waals surface area contributed by atoms with Gasteiger partial charge in [0.05, 0.1) is 81.1 Å². The van der Waals surface area contributed by atoms with Crippen molar-refractivity contribution in [3.8, 4) is 44.5 Å². The minimum absolute atomic E-state index is 0.0224. The van der Waals surface area contributed by atoms with Crippen LogP contribution in [-0.4, -0.2) is 120 Å². The Morgan fingerprint density at radius 3 is 1.45 bits per heavy atom. The normalized spacial score (nSPS) is 16.1. The fourth-order valence-corrected chi connectivity index (χ4v) is 12.1. The van der Waals surface area contributed by atoms with Crippen molar-refractivity contribution in [2.75, 3.05) is 70.5 Å². The molecule has 0 aliphatic carbocycles. The van der Waals surface area contributed by atoms with Gasteiger partial charge in [-0.1, -0.05) is 110 Å². The number of aromatic amines is 2. The molecule has 7 heterocycles. The molecule has 0 saturated carbocycles. The molecule has 7 aromatic rings. The van der Waals surface area contributed by atoms with Gasteiger partial charge >= 0.3 is 6.03 Å². The Bertz CT molecular complexity index is 3490. The predicted molar refractivity (Wildman–Crippen MR) is 319 cm³/mol. The number of rotatable bonds is 24. The number of ether oxygens (including phenoxy) is 4. The Morgan fingerprint density at radius 1 is 0.512 bits per heavy atom. The molecule has 80 heavy (non-hydrogen) atoms. The summed E-state index contributed by atoms with van der Waals surface area (Å²) in [5.41, 5.74) is 15.4. The molecule has 3 aromatic heterocycles. The summed E-state index contributed by atoms with van der Waals surface area (Å²) in [6.45, 7) is 2.88. The van der Waals surface area contributed by atoms with Gasteiger partial charge in [0.1, 0.15) is 6.61 Å². The average Bonchev–Trinajstić information content (AvgIpc) is 4.39. The minimum atomic E-state index is -0.278. The van der Waals surface area contributed by atoms with Gasteiger partial charge in [-0.3, -0.25) is 9.59 Å². The number of fused-ring (bicyclic) bond motifs is 9. The fourth-order valence-electron chi connectivity index (χ4n) is 10.6. The highest BCUT2D eigenvalue weighted by atomic mass is 32.2. The number of H-pyrrole nitrogens is 2. The lowest BCUT2D eigenvalue weighted by atomic mass is 10.0. The van der Waals surface area contributed by atoms with E-state index < -0.39 is 0 Å². The molecule has 4 amide bonds. The molecular formula is C64H64N8O7S. The summed E-state index contributed by atoms with van der Waals surface area (Å²) in [6.07, 6.45) is 11.6. The zero-order valence-corrected chi connectivity index (χ0v) is 45.2. The van der Waals surface area contributed by atoms with E-state index in [-0.39, 0.29) is 43.1 Å². The van der Waals surface area contributed by atoms with Crippen molar-refractivity contribution in [1.29, 1.82) is 0 Å². The summed E-state index contributed by atoms with van der Waals surface area (Å²) >= 11 is 1.89. The quantitative estimate of drug-likeness (QED) is 0.0250. The lowest BCUT2D eigenvalue weighted by Gasteiger charge is -2.16. The van der Waals surface area contributed by atoms with Crippen molar-refractivity contribution >= 4 is 81.7 Å². The fraction of sp³-hybridized carbons (Fsp3) is 0.266. The van der Waals surface area contributed by atoms with Gasteiger partial charge in [0.2, 0.25) is 11.8 Å². The van der Waals surface area contributed by atoms with E-state index in [1.54, 1.807) is 0 Å². The van der Waals surface area contributed by atoms with Crippen LogP contribution in [0.3, 0.4) is 0 Å². The minimum Gasteiger partial charge on any atom is -0.377 e. The van der Waals surface area contributed by atoms with Crippen LogP contribution in [0.25, 0.3) is 90.9 Å². The number of thioether (sulfide) groups is 1. The monoisotopic (exact) mass is 1090 g/mol. The first-order valence-electron chi connectivity index (χ1n) is 27.4. The Balaban J connectivity index is 0.696. The number of amides is 4. The summed E-state index contributed by atoms with van der Waals surface area (Å²) in [5.74, 6) is 0.688. The summed E-state index contributed by atoms with van der Waals surface area (Å²) in [4.78, 5) is 55.2. The Hall–Kier alpha value is -8.12. The van der Waals surface area contributed by atoms with E-state index in [1.165, 1.54) is 0 Å². The van der Waals surface area contributed by atoms with Crippen LogP contribution >= 0.6 is 11.8 Å². The van der Waals surface area contributed by atoms with Crippen LogP contribution in [0.4, 0.5) is 10.5 Å². The molecule has 408 valence electrons. The third-order valence-electron chi connectivity index (χ3n) is 14.4. The maximum atomic E-state index is 13.0. The second-order valence-corrected chi connectivity index (χ2v) is 21.1. The maximum absolute atomic E-state index is 13.0. The third-order valence-corrected chi connectivity index (χ3v) is 15.9. The van der Waals surface area contributed by atoms with Gasteiger partial charge in [-0.2, -0.15) is 11.8 Å². The molecule has 4 aliphatic rings. The zero-order valence-electron chi connectivity index (χ0n) is 44.4. The van der Waals surface area contributed by atoms with Crippen molar-refractivity contribution in [3.63, 3.8) is 0 Å². The van der Waals surface area contributed by atoms with E-state index >= 15 is 0 Å². The Labute approximate surface area is 469 Å². The maximum Gasteiger partial charge on any atom is 0.315 e. The van der Waals surface area contributed by atoms with Crippen molar-refractivity contribution in [2.24, 2.45) is 0 Å². The molecule has 4 aromatic carbocycles. The second-order valence-electron chi connectivity index (χ2n) is 19.8. The molecule has 8 bridgehead atoms. The van der Waals surface area contributed by atoms with Crippen molar-refractivity contribution < 1.29 is 33.3 Å². The SMILES string of the molecule is O=C(CCCC[C@@H]1SC[C@@H]2NC(=O)N[C@@H]21)NCCOCCOCCOCCOCC(=O)Nc1ccc(-c2c3nc(c(-c4ccccc4)c4ccc([nH]4)c(-c4ccccc4)c4nc(c(-c5ccccc5)c5ccc2[nH]5)C=C4)C=C3)cc1. The topological polar surface area (TPSA) is 194 Å². The molecule has 4 aliphatic heterocycles. The summed E-state index contributed by atoms with van der Waals surface area (Å²) in [5, 5.41) is 12.3. The van der Waals surface area contributed by atoms with E-state index in [0.717, 1.165) is 114 Å². The number of anilines is 1. The molecule has 0 radical (unpaired) electrons. The van der Waals surface area contributed by atoms with Gasteiger partial charge in [-0.15, -0.1) is 0 Å². The van der Waals surface area contributed by atoms with Crippen LogP contribution in [0.15, 0.2) is 140 Å². The highest BCUT2D eigenvalue weighted by Crippen LogP contribution is 2.39. The number of urea groups is 1. The smallest absolute Gasteiger partial charge is 0.315 e. The van der Waals surface area contributed by atoms with E-state index in [0.29, 0.717) is 63.5 Å². The Kier molecular flexibility index (Phi) is 17.7. The van der Waals surface area contributed by atoms with E-state index in [4.69, 9.17) is 28.9 Å². The van der Waals surface area contributed by atoms with Crippen LogP contribution in [0.5, 0.6) is 0 Å². The molecule has 16 heteroatoms. The standard InChI is InChI=1S/C64H64N8O7S/c73-57(19-11-10-18-56-63-55(41-80-56)71-64(75)72-63)65-32-33-76-34-35-77-36-37-78-38-39-79-40-58(74)66-46-22-20-45(21-23-46)62-53-30-28-51(69-53)60(43-14-6-2-7-15-43)49-26-24-47(67-49)59(42-12-4-1-5-13-42)48-25-27-50(68-48)61(44-16-8-3-9-17-44)52-29-31-54(62)70-52/h1-9,12-17,20-31,55-56,63,67,70H,10-11,18-19,32-41H2,(H,65,73)(H,66,74)(H2,71,72,75)/t55-,56-,63-/m0/s1. The average molecular weight is 1090 g/mol. The van der Waals surface area contributed by atoms with Gasteiger partial charge in [0.25, 0.3) is 0 Å². The van der Waals surface area contributed by atoms with E-state index in [2.05, 4.69) is 128 Å². The third kappa shape index (κ3) is 13.1. The molecule has 2 saturated heterocycles. The lowest BCUT2D eigenvalue weighted by molar-refractivity contribution is -0.122. The summed E-state index contributed by atoms with van der Waals surface area (Å²) < 4.78 is 22.5. The van der Waals surface area contributed by atoms with Gasteiger partial charge < -0.3 is 50.2 Å². The molecule has 15 nitrogen and oxygen atoms in total. The zero-order chi connectivity index (χ0) is 54.5. The molecule has 6 N–H and O–H groups in total. The summed E-state index contributed by atoms with van der Waals surface area (Å²) in [7, 11) is 0. The van der Waals surface area contributed by atoms with Gasteiger partial charge in [-0.25, -0.2) is 14.8 Å². The van der Waals surface area contributed by atoms with Crippen molar-refractivity contribution in [3.05, 3.63) is 162 Å². The van der Waals surface area contributed by atoms with Crippen LogP contribution < -0.4 is 21.3 Å². The molecular weight excluding hydrogens is 1020 g/mol. The van der Waals surface area contributed by atoms with Gasteiger partial charge in [-0.05, 0) is 95.8 Å². The molecule has 2 fully saturated rings. The first-order valence-corrected chi connectivity index (χ1v) is 28.5. The highest BCUT2D eigenvalue weighted by molar-refractivity contribution is 8.00. The second kappa shape index (κ2) is 26.2. The Morgan fingerprint density at radius 2 is 0.963 bits per heavy atom. The largest absolute Gasteiger partial charge is 0.377 e. The molecule has 3 atom stereocenters. The van der Waals surface area contributed by atoms with E-state index in [1.807, 2.05) is 78.5 Å². The number of nitrogens with zero attached hydrogens (tertiary/aromatic N) is 2. The number of carbonyl (C=O) groups is 3. The number of aromatic nitrogens is 4. The molecule has 0 unspecified atom stereocenters. The predicted octanol–water partition coefficient (Wildman–Crippen LogP) is 11.2. The van der Waals surface area contributed by atoms with Crippen LogP contribution in [0.2, 0.25) is 0 Å². The van der Waals surface area contributed by atoms with Crippen LogP contribution in [-0.2, 0) is 28.5 Å². The highest BCUT2D eigenvalue weighted by Gasteiger charge is 2.42. The first-order chi connectivity index (χ1) is 39.4. The van der Waals surface area contributed by atoms with E-state index in [9.17, 15) is 14.4 Å². The molecule has 0 spiro atoms. The van der Waals surface area contributed by atoms with Crippen molar-refractivity contribution in [2.45, 2.75) is 43.0 Å². The first kappa shape index (κ1) is 53.9.